The Morgan fingerprint density at radius 1 is 1.20 bits per heavy atom. The lowest BCUT2D eigenvalue weighted by atomic mass is 10.1. The Hall–Kier alpha value is -1.23. The number of benzene rings is 2. The topological polar surface area (TPSA) is 41.5 Å². The first-order chi connectivity index (χ1) is 9.46. The molecule has 0 aliphatic rings. The minimum atomic E-state index is -0.569. The third kappa shape index (κ3) is 4.40. The molecule has 2 aromatic carbocycles. The minimum absolute atomic E-state index is 0.255. The van der Waals surface area contributed by atoms with Gasteiger partial charge in [0.15, 0.2) is 0 Å². The Labute approximate surface area is 125 Å². The smallest absolute Gasteiger partial charge is 0.127 e. The van der Waals surface area contributed by atoms with Crippen molar-refractivity contribution >= 4 is 23.4 Å². The van der Waals surface area contributed by atoms with Crippen molar-refractivity contribution < 1.29 is 9.84 Å². The fraction of sp³-hybridized carbons (Fsp3) is 0.375. The highest BCUT2D eigenvalue weighted by atomic mass is 32.1. The molecule has 0 amide bonds. The van der Waals surface area contributed by atoms with Crippen molar-refractivity contribution in [3.05, 3.63) is 42.5 Å². The molecule has 2 rings (SSSR count). The predicted octanol–water partition coefficient (Wildman–Crippen LogP) is 2.84. The molecular weight excluding hydrogens is 270 g/mol. The summed E-state index contributed by atoms with van der Waals surface area (Å²) < 4.78 is 5.73. The van der Waals surface area contributed by atoms with Crippen LogP contribution in [0.25, 0.3) is 10.8 Å². The highest BCUT2D eigenvalue weighted by Crippen LogP contribution is 2.25. The van der Waals surface area contributed by atoms with Gasteiger partial charge in [0.25, 0.3) is 0 Å². The Bertz CT molecular complexity index is 560. The molecule has 2 N–H and O–H groups in total. The van der Waals surface area contributed by atoms with Crippen LogP contribution in [0, 0.1) is 0 Å². The first-order valence-electron chi connectivity index (χ1n) is 6.72. The lowest BCUT2D eigenvalue weighted by Crippen LogP contribution is -2.41. The monoisotopic (exact) mass is 291 g/mol. The summed E-state index contributed by atoms with van der Waals surface area (Å²) >= 11 is 4.35. The number of hydrogen-bond acceptors (Lipinski definition) is 4. The van der Waals surface area contributed by atoms with Gasteiger partial charge in [-0.2, -0.15) is 12.6 Å². The molecule has 0 aliphatic heterocycles. The number of thiol groups is 1. The number of aliphatic hydroxyl groups excluding tert-OH is 1. The molecule has 3 nitrogen and oxygen atoms in total. The minimum Gasteiger partial charge on any atom is -0.490 e. The molecule has 0 radical (unpaired) electrons. The number of fused-ring (bicyclic) bond motifs is 1. The lowest BCUT2D eigenvalue weighted by molar-refractivity contribution is 0.104. The summed E-state index contributed by atoms with van der Waals surface area (Å²) in [6.45, 7) is 4.58. The van der Waals surface area contributed by atoms with Gasteiger partial charge in [-0.1, -0.05) is 36.4 Å². The molecule has 0 aliphatic carbocycles. The van der Waals surface area contributed by atoms with Gasteiger partial charge in [-0.15, -0.1) is 0 Å². The molecule has 0 heterocycles. The van der Waals surface area contributed by atoms with Crippen molar-refractivity contribution in [3.8, 4) is 5.75 Å². The van der Waals surface area contributed by atoms with E-state index < -0.39 is 6.10 Å². The van der Waals surface area contributed by atoms with Gasteiger partial charge in [0.05, 0.1) is 4.87 Å². The van der Waals surface area contributed by atoms with Gasteiger partial charge in [0, 0.05) is 11.9 Å². The van der Waals surface area contributed by atoms with Gasteiger partial charge in [0.2, 0.25) is 0 Å². The van der Waals surface area contributed by atoms with Crippen molar-refractivity contribution in [1.29, 1.82) is 0 Å². The number of rotatable bonds is 6. The number of hydrogen-bond donors (Lipinski definition) is 3. The van der Waals surface area contributed by atoms with Crippen molar-refractivity contribution in [2.24, 2.45) is 0 Å². The Morgan fingerprint density at radius 3 is 2.65 bits per heavy atom. The largest absolute Gasteiger partial charge is 0.490 e. The molecule has 0 fully saturated rings. The zero-order chi connectivity index (χ0) is 14.6. The number of nitrogens with one attached hydrogen (secondary N) is 1. The molecule has 0 aromatic heterocycles. The van der Waals surface area contributed by atoms with Crippen LogP contribution in [-0.2, 0) is 0 Å². The Kier molecular flexibility index (Phi) is 4.91. The van der Waals surface area contributed by atoms with Crippen molar-refractivity contribution in [1.82, 2.24) is 5.32 Å². The van der Waals surface area contributed by atoms with Crippen molar-refractivity contribution in [2.75, 3.05) is 13.2 Å². The molecule has 4 heteroatoms. The fourth-order valence-corrected chi connectivity index (χ4v) is 2.03. The average molecular weight is 291 g/mol. The summed E-state index contributed by atoms with van der Waals surface area (Å²) in [7, 11) is 0. The number of aliphatic hydroxyl groups is 1. The standard InChI is InChI=1S/C16H21NO2S/c1-16(2,20)17-10-13(18)11-19-15-9-5-7-12-6-3-4-8-14(12)15/h3-9,13,17-18,20H,10-11H2,1-2H3. The predicted molar refractivity (Wildman–Crippen MR) is 86.5 cm³/mol. The van der Waals surface area contributed by atoms with E-state index in [1.54, 1.807) is 0 Å². The quantitative estimate of drug-likeness (QED) is 0.566. The zero-order valence-electron chi connectivity index (χ0n) is 11.8. The number of ether oxygens (including phenoxy) is 1. The summed E-state index contributed by atoms with van der Waals surface area (Å²) in [6.07, 6.45) is -0.569. The summed E-state index contributed by atoms with van der Waals surface area (Å²) in [5.74, 6) is 0.798. The SMILES string of the molecule is CC(C)(S)NCC(O)COc1cccc2ccccc12. The lowest BCUT2D eigenvalue weighted by Gasteiger charge is -2.22. The van der Waals surface area contributed by atoms with Crippen LogP contribution in [0.5, 0.6) is 5.75 Å². The first-order valence-corrected chi connectivity index (χ1v) is 7.16. The fourth-order valence-electron chi connectivity index (χ4n) is 1.93. The van der Waals surface area contributed by atoms with E-state index in [9.17, 15) is 5.11 Å². The van der Waals surface area contributed by atoms with E-state index in [4.69, 9.17) is 4.74 Å². The van der Waals surface area contributed by atoms with Crippen LogP contribution in [-0.4, -0.2) is 29.2 Å². The van der Waals surface area contributed by atoms with Crippen LogP contribution in [0.4, 0.5) is 0 Å². The van der Waals surface area contributed by atoms with Crippen LogP contribution >= 0.6 is 12.6 Å². The van der Waals surface area contributed by atoms with Gasteiger partial charge in [-0.05, 0) is 25.3 Å². The third-order valence-electron chi connectivity index (χ3n) is 2.95. The highest BCUT2D eigenvalue weighted by molar-refractivity contribution is 7.81. The van der Waals surface area contributed by atoms with Gasteiger partial charge < -0.3 is 15.2 Å². The van der Waals surface area contributed by atoms with E-state index in [0.29, 0.717) is 6.54 Å². The molecule has 108 valence electrons. The van der Waals surface area contributed by atoms with E-state index in [1.807, 2.05) is 56.3 Å². The van der Waals surface area contributed by atoms with Gasteiger partial charge in [-0.3, -0.25) is 0 Å². The van der Waals surface area contributed by atoms with E-state index in [0.717, 1.165) is 16.5 Å². The van der Waals surface area contributed by atoms with Gasteiger partial charge >= 0.3 is 0 Å². The maximum Gasteiger partial charge on any atom is 0.127 e. The van der Waals surface area contributed by atoms with Gasteiger partial charge in [-0.25, -0.2) is 0 Å². The van der Waals surface area contributed by atoms with Crippen molar-refractivity contribution in [2.45, 2.75) is 24.8 Å². The Morgan fingerprint density at radius 2 is 1.90 bits per heavy atom. The second kappa shape index (κ2) is 6.48. The molecule has 20 heavy (non-hydrogen) atoms. The molecule has 0 bridgehead atoms. The highest BCUT2D eigenvalue weighted by Gasteiger charge is 2.13. The average Bonchev–Trinajstić information content (AvgIpc) is 2.42. The molecular formula is C16H21NO2S. The molecule has 2 aromatic rings. The Balaban J connectivity index is 1.96. The summed E-state index contributed by atoms with van der Waals surface area (Å²) in [4.78, 5) is -0.305. The summed E-state index contributed by atoms with van der Waals surface area (Å²) in [5.41, 5.74) is 0. The van der Waals surface area contributed by atoms with E-state index in [2.05, 4.69) is 17.9 Å². The van der Waals surface area contributed by atoms with Gasteiger partial charge in [0.1, 0.15) is 18.5 Å². The summed E-state index contributed by atoms with van der Waals surface area (Å²) in [6, 6.07) is 14.0. The van der Waals surface area contributed by atoms with E-state index in [-0.39, 0.29) is 11.5 Å². The summed E-state index contributed by atoms with van der Waals surface area (Å²) in [5, 5.41) is 15.2. The first kappa shape index (κ1) is 15.2. The van der Waals surface area contributed by atoms with Crippen molar-refractivity contribution in [3.63, 3.8) is 0 Å². The van der Waals surface area contributed by atoms with Crippen LogP contribution < -0.4 is 10.1 Å². The van der Waals surface area contributed by atoms with Crippen LogP contribution in [0.1, 0.15) is 13.8 Å². The van der Waals surface area contributed by atoms with Crippen LogP contribution in [0.15, 0.2) is 42.5 Å². The molecule has 0 spiro atoms. The molecule has 0 saturated heterocycles. The molecule has 1 atom stereocenters. The maximum atomic E-state index is 9.92. The normalized spacial score (nSPS) is 13.4. The second-order valence-electron chi connectivity index (χ2n) is 5.38. The zero-order valence-corrected chi connectivity index (χ0v) is 12.7. The van der Waals surface area contributed by atoms with Crippen LogP contribution in [0.3, 0.4) is 0 Å². The second-order valence-corrected chi connectivity index (χ2v) is 6.50. The third-order valence-corrected chi connectivity index (χ3v) is 3.11. The molecule has 1 unspecified atom stereocenters. The maximum absolute atomic E-state index is 9.92. The van der Waals surface area contributed by atoms with E-state index >= 15 is 0 Å². The molecule has 0 saturated carbocycles. The van der Waals surface area contributed by atoms with Crippen LogP contribution in [0.2, 0.25) is 0 Å². The van der Waals surface area contributed by atoms with E-state index in [1.165, 1.54) is 0 Å².